The third-order valence-electron chi connectivity index (χ3n) is 4.44. The molecule has 1 aliphatic heterocycles. The first-order chi connectivity index (χ1) is 12.9. The van der Waals surface area contributed by atoms with Crippen molar-refractivity contribution in [2.75, 3.05) is 6.54 Å². The highest BCUT2D eigenvalue weighted by Gasteiger charge is 2.28. The number of carbonyl (C=O) groups is 1. The van der Waals surface area contributed by atoms with Gasteiger partial charge in [0.15, 0.2) is 6.10 Å². The highest BCUT2D eigenvalue weighted by Crippen LogP contribution is 2.22. The van der Waals surface area contributed by atoms with Crippen LogP contribution < -0.4 is 0 Å². The zero-order valence-electron chi connectivity index (χ0n) is 15.4. The highest BCUT2D eigenvalue weighted by molar-refractivity contribution is 6.31. The Morgan fingerprint density at radius 2 is 2.07 bits per heavy atom. The van der Waals surface area contributed by atoms with Crippen molar-refractivity contribution in [3.8, 4) is 0 Å². The predicted octanol–water partition coefficient (Wildman–Crippen LogP) is 4.66. The van der Waals surface area contributed by atoms with Crippen molar-refractivity contribution in [1.82, 2.24) is 4.90 Å². The van der Waals surface area contributed by atoms with Crippen molar-refractivity contribution in [3.05, 3.63) is 70.5 Å². The Morgan fingerprint density at radius 1 is 1.30 bits per heavy atom. The van der Waals surface area contributed by atoms with Gasteiger partial charge in [-0.25, -0.2) is 4.39 Å². The molecule has 0 unspecified atom stereocenters. The molecule has 0 radical (unpaired) electrons. The van der Waals surface area contributed by atoms with Crippen LogP contribution in [0.3, 0.4) is 0 Å². The summed E-state index contributed by atoms with van der Waals surface area (Å²) in [4.78, 5) is 20.0. The van der Waals surface area contributed by atoms with Gasteiger partial charge in [-0.05, 0) is 23.8 Å². The molecule has 3 rings (SSSR count). The molecule has 1 amide bonds. The number of nitrogens with zero attached hydrogens (tertiary/aromatic N) is 2. The molecule has 0 bridgehead atoms. The Hall–Kier alpha value is -2.40. The molecule has 0 saturated heterocycles. The van der Waals surface area contributed by atoms with Gasteiger partial charge in [-0.1, -0.05) is 60.9 Å². The molecule has 4 nitrogen and oxygen atoms in total. The quantitative estimate of drug-likeness (QED) is 0.722. The Balaban J connectivity index is 1.70. The number of halogens is 2. The number of hydrogen-bond donors (Lipinski definition) is 0. The number of benzene rings is 2. The summed E-state index contributed by atoms with van der Waals surface area (Å²) in [5.74, 6) is -0.427. The topological polar surface area (TPSA) is 41.9 Å². The molecule has 142 valence electrons. The number of hydrogen-bond acceptors (Lipinski definition) is 3. The van der Waals surface area contributed by atoms with Crippen molar-refractivity contribution in [2.45, 2.75) is 32.9 Å². The molecule has 0 N–H and O–H groups in total. The van der Waals surface area contributed by atoms with Gasteiger partial charge in [0.1, 0.15) is 5.82 Å². The van der Waals surface area contributed by atoms with E-state index in [1.54, 1.807) is 17.0 Å². The second-order valence-electron chi connectivity index (χ2n) is 6.94. The summed E-state index contributed by atoms with van der Waals surface area (Å²) in [6, 6.07) is 13.8. The molecule has 27 heavy (non-hydrogen) atoms. The van der Waals surface area contributed by atoms with E-state index in [1.165, 1.54) is 12.1 Å². The van der Waals surface area contributed by atoms with Gasteiger partial charge in [-0.3, -0.25) is 4.79 Å². The van der Waals surface area contributed by atoms with Crippen LogP contribution in [0, 0.1) is 11.7 Å². The zero-order valence-corrected chi connectivity index (χ0v) is 16.1. The Bertz CT molecular complexity index is 854. The lowest BCUT2D eigenvalue weighted by molar-refractivity contribution is -0.136. The molecule has 0 aliphatic carbocycles. The third kappa shape index (κ3) is 4.86. The fourth-order valence-electron chi connectivity index (χ4n) is 3.04. The van der Waals surface area contributed by atoms with Crippen molar-refractivity contribution in [3.63, 3.8) is 0 Å². The van der Waals surface area contributed by atoms with E-state index in [9.17, 15) is 9.18 Å². The van der Waals surface area contributed by atoms with Gasteiger partial charge in [0, 0.05) is 29.5 Å². The maximum atomic E-state index is 13.4. The van der Waals surface area contributed by atoms with Gasteiger partial charge in [0.25, 0.3) is 0 Å². The van der Waals surface area contributed by atoms with Gasteiger partial charge in [0.2, 0.25) is 5.91 Å². The van der Waals surface area contributed by atoms with E-state index in [-0.39, 0.29) is 23.7 Å². The maximum absolute atomic E-state index is 13.4. The molecule has 0 saturated carbocycles. The lowest BCUT2D eigenvalue weighted by Gasteiger charge is -2.27. The normalized spacial score (nSPS) is 16.2. The van der Waals surface area contributed by atoms with Gasteiger partial charge >= 0.3 is 0 Å². The van der Waals surface area contributed by atoms with Crippen LogP contribution in [0.15, 0.2) is 53.7 Å². The summed E-state index contributed by atoms with van der Waals surface area (Å²) in [6.45, 7) is 4.54. The van der Waals surface area contributed by atoms with E-state index < -0.39 is 0 Å². The zero-order chi connectivity index (χ0) is 19.4. The van der Waals surface area contributed by atoms with E-state index in [0.717, 1.165) is 5.56 Å². The van der Waals surface area contributed by atoms with Crippen molar-refractivity contribution < 1.29 is 14.0 Å². The lowest BCUT2D eigenvalue weighted by atomic mass is 10.0. The first-order valence-electron chi connectivity index (χ1n) is 8.95. The van der Waals surface area contributed by atoms with Crippen LogP contribution in [0.1, 0.15) is 31.4 Å². The minimum Gasteiger partial charge on any atom is -0.390 e. The Labute approximate surface area is 163 Å². The van der Waals surface area contributed by atoms with Crippen LogP contribution in [0.2, 0.25) is 5.02 Å². The molecular weight excluding hydrogens is 367 g/mol. The van der Waals surface area contributed by atoms with Gasteiger partial charge in [-0.2, -0.15) is 0 Å². The molecule has 1 aliphatic rings. The van der Waals surface area contributed by atoms with E-state index >= 15 is 0 Å². The van der Waals surface area contributed by atoms with Crippen LogP contribution in [-0.4, -0.2) is 29.2 Å². The second-order valence-corrected chi connectivity index (χ2v) is 7.35. The standard InChI is InChI=1S/C21H22ClFN2O2/c1-14(2)21(26)25(12-16-6-3-4-9-19(16)22)13-18-11-20(24-27-18)15-7-5-8-17(23)10-15/h3-10,14,18H,11-13H2,1-2H3/t18-/m0/s1. The van der Waals surface area contributed by atoms with Crippen LogP contribution >= 0.6 is 11.6 Å². The molecule has 0 fully saturated rings. The average Bonchev–Trinajstić information content (AvgIpc) is 3.11. The molecule has 1 heterocycles. The predicted molar refractivity (Wildman–Crippen MR) is 104 cm³/mol. The average molecular weight is 389 g/mol. The number of carbonyl (C=O) groups excluding carboxylic acids is 1. The minimum atomic E-state index is -0.311. The fraction of sp³-hybridized carbons (Fsp3) is 0.333. The van der Waals surface area contributed by atoms with Crippen LogP contribution in [0.4, 0.5) is 4.39 Å². The summed E-state index contributed by atoms with van der Waals surface area (Å²) in [7, 11) is 0. The molecule has 2 aromatic rings. The molecular formula is C21H22ClFN2O2. The molecule has 6 heteroatoms. The summed E-state index contributed by atoms with van der Waals surface area (Å²) in [5, 5.41) is 4.72. The van der Waals surface area contributed by atoms with Crippen molar-refractivity contribution in [2.24, 2.45) is 11.1 Å². The van der Waals surface area contributed by atoms with E-state index in [1.807, 2.05) is 38.1 Å². The summed E-state index contributed by atoms with van der Waals surface area (Å²) in [6.07, 6.45) is 0.252. The molecule has 2 aromatic carbocycles. The summed E-state index contributed by atoms with van der Waals surface area (Å²) < 4.78 is 13.4. The first kappa shape index (κ1) is 19.4. The lowest BCUT2D eigenvalue weighted by Crippen LogP contribution is -2.39. The monoisotopic (exact) mass is 388 g/mol. The van der Waals surface area contributed by atoms with Gasteiger partial charge in [0.05, 0.1) is 12.3 Å². The van der Waals surface area contributed by atoms with Crippen LogP contribution in [0.25, 0.3) is 0 Å². The number of oxime groups is 1. The largest absolute Gasteiger partial charge is 0.390 e. The molecule has 0 spiro atoms. The minimum absolute atomic E-state index is 0.0257. The highest BCUT2D eigenvalue weighted by atomic mass is 35.5. The molecule has 0 aromatic heterocycles. The maximum Gasteiger partial charge on any atom is 0.225 e. The van der Waals surface area contributed by atoms with E-state index in [2.05, 4.69) is 5.16 Å². The Morgan fingerprint density at radius 3 is 2.78 bits per heavy atom. The summed E-state index contributed by atoms with van der Waals surface area (Å²) >= 11 is 6.26. The first-order valence-corrected chi connectivity index (χ1v) is 9.32. The number of rotatable bonds is 6. The SMILES string of the molecule is CC(C)C(=O)N(Cc1ccccc1Cl)C[C@@H]1CC(c2cccc(F)c2)=NO1. The van der Waals surface area contributed by atoms with E-state index in [0.29, 0.717) is 35.8 Å². The Kier molecular flexibility index (Phi) is 6.11. The van der Waals surface area contributed by atoms with Crippen molar-refractivity contribution >= 4 is 23.2 Å². The van der Waals surface area contributed by atoms with Crippen LogP contribution in [0.5, 0.6) is 0 Å². The second kappa shape index (κ2) is 8.53. The van der Waals surface area contributed by atoms with Gasteiger partial charge in [-0.15, -0.1) is 0 Å². The smallest absolute Gasteiger partial charge is 0.225 e. The van der Waals surface area contributed by atoms with Gasteiger partial charge < -0.3 is 9.74 Å². The summed E-state index contributed by atoms with van der Waals surface area (Å²) in [5.41, 5.74) is 2.27. The number of amides is 1. The van der Waals surface area contributed by atoms with Crippen LogP contribution in [-0.2, 0) is 16.2 Å². The molecule has 1 atom stereocenters. The fourth-order valence-corrected chi connectivity index (χ4v) is 3.24. The van der Waals surface area contributed by atoms with E-state index in [4.69, 9.17) is 16.4 Å². The van der Waals surface area contributed by atoms with Crippen molar-refractivity contribution in [1.29, 1.82) is 0 Å². The third-order valence-corrected chi connectivity index (χ3v) is 4.81.